The van der Waals surface area contributed by atoms with Crippen LogP contribution in [-0.4, -0.2) is 46.3 Å². The molecule has 0 spiro atoms. The molecule has 0 bridgehead atoms. The fraction of sp³-hybridized carbons (Fsp3) is 0.538. The van der Waals surface area contributed by atoms with Crippen LogP contribution in [0.25, 0.3) is 0 Å². The molecule has 0 saturated carbocycles. The van der Waals surface area contributed by atoms with E-state index in [-0.39, 0.29) is 16.5 Å². The molecule has 1 heterocycles. The van der Waals surface area contributed by atoms with Crippen molar-refractivity contribution in [2.45, 2.75) is 16.9 Å². The summed E-state index contributed by atoms with van der Waals surface area (Å²) in [4.78, 5) is 0.116. The Bertz CT molecular complexity index is 600. The van der Waals surface area contributed by atoms with Gasteiger partial charge in [0.05, 0.1) is 22.6 Å². The molecule has 8 heteroatoms. The molecule has 118 valence electrons. The normalized spacial score (nSPS) is 22.4. The van der Waals surface area contributed by atoms with E-state index in [0.29, 0.717) is 5.75 Å². The molecule has 2 rings (SSSR count). The lowest BCUT2D eigenvalue weighted by atomic mass is 10.0. The van der Waals surface area contributed by atoms with Crippen LogP contribution in [0.1, 0.15) is 6.42 Å². The first-order valence-electron chi connectivity index (χ1n) is 6.38. The maximum atomic E-state index is 12.3. The number of hydrogen-bond donors (Lipinski definition) is 1. The van der Waals surface area contributed by atoms with Gasteiger partial charge >= 0.3 is 0 Å². The first-order chi connectivity index (χ1) is 9.92. The first-order valence-corrected chi connectivity index (χ1v) is 9.40. The maximum absolute atomic E-state index is 12.3. The van der Waals surface area contributed by atoms with Gasteiger partial charge in [0.2, 0.25) is 10.0 Å². The number of benzene rings is 1. The molecular formula is C13H18ClNO4S2. The van der Waals surface area contributed by atoms with Crippen LogP contribution in [0.15, 0.2) is 23.1 Å². The molecule has 21 heavy (non-hydrogen) atoms. The number of nitrogens with one attached hydrogen (secondary N) is 1. The fourth-order valence-electron chi connectivity index (χ4n) is 2.09. The number of hydrogen-bond acceptors (Lipinski definition) is 5. The molecule has 1 aliphatic rings. The van der Waals surface area contributed by atoms with E-state index >= 15 is 0 Å². The van der Waals surface area contributed by atoms with Gasteiger partial charge < -0.3 is 9.47 Å². The van der Waals surface area contributed by atoms with Crippen LogP contribution in [0, 0.1) is 0 Å². The van der Waals surface area contributed by atoms with E-state index in [1.165, 1.54) is 25.3 Å². The number of sulfonamides is 1. The maximum Gasteiger partial charge on any atom is 0.240 e. The highest BCUT2D eigenvalue weighted by Crippen LogP contribution is 2.31. The van der Waals surface area contributed by atoms with E-state index in [1.54, 1.807) is 18.9 Å². The lowest BCUT2D eigenvalue weighted by Gasteiger charge is -2.26. The molecular weight excluding hydrogens is 334 g/mol. The molecule has 1 aromatic carbocycles. The van der Waals surface area contributed by atoms with Crippen molar-refractivity contribution in [1.82, 2.24) is 4.72 Å². The van der Waals surface area contributed by atoms with Crippen molar-refractivity contribution in [3.8, 4) is 5.75 Å². The summed E-state index contributed by atoms with van der Waals surface area (Å²) in [5.74, 6) is 2.20. The van der Waals surface area contributed by atoms with Crippen molar-refractivity contribution in [2.75, 3.05) is 32.3 Å². The second-order valence-corrected chi connectivity index (χ2v) is 8.09. The minimum atomic E-state index is -3.62. The molecule has 0 unspecified atom stereocenters. The lowest BCUT2D eigenvalue weighted by Crippen LogP contribution is -2.44. The predicted molar refractivity (Wildman–Crippen MR) is 84.9 cm³/mol. The van der Waals surface area contributed by atoms with E-state index in [9.17, 15) is 8.42 Å². The van der Waals surface area contributed by atoms with Crippen LogP contribution >= 0.6 is 23.4 Å². The number of halogens is 1. The van der Waals surface area contributed by atoms with Gasteiger partial charge in [-0.15, -0.1) is 0 Å². The van der Waals surface area contributed by atoms with Gasteiger partial charge in [-0.25, -0.2) is 13.1 Å². The van der Waals surface area contributed by atoms with Gasteiger partial charge in [-0.2, -0.15) is 11.8 Å². The smallest absolute Gasteiger partial charge is 0.240 e. The molecule has 0 radical (unpaired) electrons. The summed E-state index contributed by atoms with van der Waals surface area (Å²) in [6, 6.07) is 4.38. The summed E-state index contributed by atoms with van der Waals surface area (Å²) in [5.41, 5.74) is -0.423. The van der Waals surface area contributed by atoms with Crippen molar-refractivity contribution >= 4 is 33.4 Å². The van der Waals surface area contributed by atoms with Crippen LogP contribution in [0.3, 0.4) is 0 Å². The van der Waals surface area contributed by atoms with Crippen LogP contribution in [0.2, 0.25) is 5.02 Å². The molecule has 1 atom stereocenters. The Hall–Kier alpha value is -0.470. The summed E-state index contributed by atoms with van der Waals surface area (Å²) in [6.45, 7) is 0.252. The average molecular weight is 352 g/mol. The summed E-state index contributed by atoms with van der Waals surface area (Å²) >= 11 is 7.73. The van der Waals surface area contributed by atoms with E-state index < -0.39 is 15.6 Å². The van der Waals surface area contributed by atoms with Gasteiger partial charge in [0.25, 0.3) is 0 Å². The second-order valence-electron chi connectivity index (χ2n) is 4.81. The van der Waals surface area contributed by atoms with Gasteiger partial charge in [-0.05, 0) is 30.4 Å². The summed E-state index contributed by atoms with van der Waals surface area (Å²) in [7, 11) is -0.527. The van der Waals surface area contributed by atoms with Crippen molar-refractivity contribution in [1.29, 1.82) is 0 Å². The van der Waals surface area contributed by atoms with Gasteiger partial charge in [0.1, 0.15) is 5.75 Å². The third-order valence-corrected chi connectivity index (χ3v) is 6.44. The highest BCUT2D eigenvalue weighted by Gasteiger charge is 2.35. The molecule has 1 saturated heterocycles. The quantitative estimate of drug-likeness (QED) is 0.850. The Morgan fingerprint density at radius 3 is 2.71 bits per heavy atom. The predicted octanol–water partition coefficient (Wildman–Crippen LogP) is 2.15. The van der Waals surface area contributed by atoms with Crippen LogP contribution < -0.4 is 9.46 Å². The average Bonchev–Trinajstić information content (AvgIpc) is 2.95. The van der Waals surface area contributed by atoms with Crippen LogP contribution in [-0.2, 0) is 14.8 Å². The Kier molecular flexibility index (Phi) is 5.43. The summed E-state index contributed by atoms with van der Waals surface area (Å²) < 4.78 is 37.8. The zero-order valence-electron chi connectivity index (χ0n) is 11.9. The molecule has 1 aromatic rings. The van der Waals surface area contributed by atoms with Gasteiger partial charge in [-0.1, -0.05) is 11.6 Å². The fourth-order valence-corrected chi connectivity index (χ4v) is 4.94. The van der Waals surface area contributed by atoms with Gasteiger partial charge in [0.15, 0.2) is 0 Å². The number of thioether (sulfide) groups is 1. The van der Waals surface area contributed by atoms with Gasteiger partial charge in [0, 0.05) is 19.4 Å². The summed E-state index contributed by atoms with van der Waals surface area (Å²) in [5, 5.41) is 0.262. The monoisotopic (exact) mass is 351 g/mol. The van der Waals surface area contributed by atoms with Gasteiger partial charge in [-0.3, -0.25) is 0 Å². The van der Waals surface area contributed by atoms with E-state index in [4.69, 9.17) is 21.1 Å². The Morgan fingerprint density at radius 1 is 1.43 bits per heavy atom. The van der Waals surface area contributed by atoms with E-state index in [2.05, 4.69) is 4.72 Å². The molecule has 0 amide bonds. The van der Waals surface area contributed by atoms with E-state index in [1.807, 2.05) is 0 Å². The molecule has 0 aliphatic carbocycles. The van der Waals surface area contributed by atoms with E-state index in [0.717, 1.165) is 17.9 Å². The molecule has 1 N–H and O–H groups in total. The molecule has 5 nitrogen and oxygen atoms in total. The minimum absolute atomic E-state index is 0.116. The Balaban J connectivity index is 2.13. The minimum Gasteiger partial charge on any atom is -0.495 e. The highest BCUT2D eigenvalue weighted by atomic mass is 35.5. The van der Waals surface area contributed by atoms with Crippen molar-refractivity contribution in [3.05, 3.63) is 23.2 Å². The zero-order valence-corrected chi connectivity index (χ0v) is 14.3. The largest absolute Gasteiger partial charge is 0.495 e. The van der Waals surface area contributed by atoms with Crippen molar-refractivity contribution < 1.29 is 17.9 Å². The third-order valence-electron chi connectivity index (χ3n) is 3.52. The molecule has 1 fully saturated rings. The zero-order chi connectivity index (χ0) is 15.5. The Morgan fingerprint density at radius 2 is 2.19 bits per heavy atom. The number of methoxy groups -OCH3 is 2. The van der Waals surface area contributed by atoms with Crippen LogP contribution in [0.4, 0.5) is 0 Å². The highest BCUT2D eigenvalue weighted by molar-refractivity contribution is 7.99. The lowest BCUT2D eigenvalue weighted by molar-refractivity contribution is 0.0179. The number of ether oxygens (including phenoxy) is 2. The topological polar surface area (TPSA) is 64.6 Å². The molecule has 0 aromatic heterocycles. The summed E-state index contributed by atoms with van der Waals surface area (Å²) in [6.07, 6.45) is 0.833. The second kappa shape index (κ2) is 6.75. The molecule has 1 aliphatic heterocycles. The van der Waals surface area contributed by atoms with Crippen LogP contribution in [0.5, 0.6) is 5.75 Å². The number of rotatable bonds is 6. The van der Waals surface area contributed by atoms with Crippen molar-refractivity contribution in [3.63, 3.8) is 0 Å². The first kappa shape index (κ1) is 16.9. The SMILES string of the molecule is COc1ccc(S(=O)(=O)NC[C@]2(OC)CCSC2)cc1Cl. The Labute approximate surface area is 134 Å². The standard InChI is InChI=1S/C13H18ClNO4S2/c1-18-12-4-3-10(7-11(12)14)21(16,17)15-8-13(19-2)5-6-20-9-13/h3-4,7,15H,5-6,8-9H2,1-2H3/t13-/m1/s1. The third kappa shape index (κ3) is 3.84. The van der Waals surface area contributed by atoms with Crippen molar-refractivity contribution in [2.24, 2.45) is 0 Å².